The average molecular weight is 911 g/mol. The number of benzene rings is 2. The van der Waals surface area contributed by atoms with E-state index in [-0.39, 0.29) is 68.6 Å². The highest BCUT2D eigenvalue weighted by molar-refractivity contribution is 6.09. The molecule has 0 bridgehead atoms. The smallest absolute Gasteiger partial charge is 0.410 e. The third-order valence-electron chi connectivity index (χ3n) is 12.2. The predicted molar refractivity (Wildman–Crippen MR) is 234 cm³/mol. The summed E-state index contributed by atoms with van der Waals surface area (Å²) in [6.45, 7) is 9.68. The van der Waals surface area contributed by atoms with E-state index >= 15 is 0 Å². The molecule has 2 atom stereocenters. The van der Waals surface area contributed by atoms with E-state index < -0.39 is 40.6 Å². The van der Waals surface area contributed by atoms with Crippen molar-refractivity contribution in [3.05, 3.63) is 58.7 Å². The van der Waals surface area contributed by atoms with Crippen molar-refractivity contribution in [3.8, 4) is 11.5 Å². The molecule has 9 amide bonds. The number of methoxy groups -OCH3 is 2. The third kappa shape index (κ3) is 10.6. The van der Waals surface area contributed by atoms with Crippen LogP contribution in [-0.2, 0) is 27.4 Å². The number of amides is 9. The minimum absolute atomic E-state index is 0. The molecule has 2 aromatic carbocycles. The molecule has 21 heteroatoms. The second kappa shape index (κ2) is 19.6. The van der Waals surface area contributed by atoms with Crippen LogP contribution < -0.4 is 46.7 Å². The van der Waals surface area contributed by atoms with Gasteiger partial charge < -0.3 is 55.5 Å². The Balaban J connectivity index is 0.000000214. The van der Waals surface area contributed by atoms with Crippen LogP contribution in [0.3, 0.4) is 0 Å². The number of urea groups is 2. The summed E-state index contributed by atoms with van der Waals surface area (Å²) in [5.74, 6) is 0.124. The Hall–Kier alpha value is -5.70. The number of halogens is 1. The first-order valence-corrected chi connectivity index (χ1v) is 21.4. The summed E-state index contributed by atoms with van der Waals surface area (Å²) in [6, 6.07) is 9.79. The molecular weight excluding hydrogens is 852 g/mol. The number of nitrogens with one attached hydrogen (secondary N) is 7. The molecule has 6 aliphatic heterocycles. The van der Waals surface area contributed by atoms with Gasteiger partial charge in [-0.2, -0.15) is 0 Å². The highest BCUT2D eigenvalue weighted by Crippen LogP contribution is 2.30. The van der Waals surface area contributed by atoms with Crippen LogP contribution in [0.1, 0.15) is 78.3 Å². The van der Waals surface area contributed by atoms with Crippen molar-refractivity contribution in [2.24, 2.45) is 0 Å². The molecule has 8 rings (SSSR count). The molecule has 0 aromatic heterocycles. The molecule has 0 radical (unpaired) electrons. The lowest BCUT2D eigenvalue weighted by molar-refractivity contribution is -0.125. The van der Waals surface area contributed by atoms with Crippen LogP contribution in [-0.4, -0.2) is 152 Å². The van der Waals surface area contributed by atoms with Crippen LogP contribution in [0.2, 0.25) is 0 Å². The molecule has 0 spiro atoms. The zero-order valence-corrected chi connectivity index (χ0v) is 37.7. The number of hydrogen-bond acceptors (Lipinski definition) is 13. The van der Waals surface area contributed by atoms with Crippen molar-refractivity contribution in [1.29, 1.82) is 0 Å². The number of fused-ring (bicyclic) bond motifs is 2. The molecular formula is C43H59ClN10O10. The normalized spacial score (nSPS) is 23.3. The first-order valence-electron chi connectivity index (χ1n) is 21.4. The lowest BCUT2D eigenvalue weighted by atomic mass is 9.97. The van der Waals surface area contributed by atoms with Crippen molar-refractivity contribution in [2.75, 3.05) is 66.6 Å². The van der Waals surface area contributed by atoms with Gasteiger partial charge in [0.2, 0.25) is 0 Å². The van der Waals surface area contributed by atoms with E-state index in [0.29, 0.717) is 61.6 Å². The highest BCUT2D eigenvalue weighted by atomic mass is 35.5. The lowest BCUT2D eigenvalue weighted by Gasteiger charge is -2.36. The molecule has 20 nitrogen and oxygen atoms in total. The number of rotatable bonds is 12. The standard InChI is InChI=1S/C24H33N5O6.C19H25N5O4.ClH/c1-23(2,3)35-22(33)28-9-7-16(8-10-28)25-13-24(20(31)26-21(32)27-24)14-29-12-15-11-17(34-4)5-6-18(15)19(29)30;1-28-14-2-3-15-12(8-14)9-24(16(15)25)11-19(17(26)22-18(27)23-19)10-21-13-4-6-20-7-5-13;/h5-6,11,16,25H,7-10,12-14H2,1-4H3,(H2,26,27,31,32);2-3,8,13,20-21H,4-7,9-11H2,1H3,(H2,22,23,26,27);1H. The number of piperidine rings is 2. The van der Waals surface area contributed by atoms with Crippen LogP contribution in [0.25, 0.3) is 0 Å². The molecule has 0 aliphatic carbocycles. The molecule has 7 N–H and O–H groups in total. The van der Waals surface area contributed by atoms with Gasteiger partial charge in [-0.05, 0) is 107 Å². The van der Waals surface area contributed by atoms with Gasteiger partial charge in [-0.1, -0.05) is 0 Å². The lowest BCUT2D eigenvalue weighted by Crippen LogP contribution is -2.62. The summed E-state index contributed by atoms with van der Waals surface area (Å²) in [7, 11) is 3.14. The zero-order chi connectivity index (χ0) is 45.1. The third-order valence-corrected chi connectivity index (χ3v) is 12.2. The van der Waals surface area contributed by atoms with Crippen LogP contribution in [0, 0.1) is 0 Å². The summed E-state index contributed by atoms with van der Waals surface area (Å²) in [6.07, 6.45) is 2.94. The van der Waals surface area contributed by atoms with Crippen LogP contribution in [0.15, 0.2) is 36.4 Å². The van der Waals surface area contributed by atoms with Crippen molar-refractivity contribution in [2.45, 2.75) is 88.3 Å². The number of imide groups is 2. The molecule has 2 unspecified atom stereocenters. The van der Waals surface area contributed by atoms with Crippen molar-refractivity contribution < 1.29 is 47.8 Å². The van der Waals surface area contributed by atoms with Gasteiger partial charge in [0.1, 0.15) is 17.1 Å². The Labute approximate surface area is 378 Å². The van der Waals surface area contributed by atoms with Crippen LogP contribution in [0.5, 0.6) is 11.5 Å². The summed E-state index contributed by atoms with van der Waals surface area (Å²) >= 11 is 0. The number of hydrogen-bond donors (Lipinski definition) is 7. The molecule has 4 saturated heterocycles. The highest BCUT2D eigenvalue weighted by Gasteiger charge is 2.51. The van der Waals surface area contributed by atoms with E-state index in [0.717, 1.165) is 37.1 Å². The minimum atomic E-state index is -1.29. The molecule has 2 aromatic rings. The number of nitrogens with zero attached hydrogens (tertiary/aromatic N) is 3. The number of carbonyl (C=O) groups excluding carboxylic acids is 7. The Kier molecular flexibility index (Phi) is 14.6. The first-order chi connectivity index (χ1) is 30.0. The molecule has 0 saturated carbocycles. The Morgan fingerprint density at radius 3 is 1.53 bits per heavy atom. The summed E-state index contributed by atoms with van der Waals surface area (Å²) in [5.41, 5.74) is -0.178. The largest absolute Gasteiger partial charge is 0.497 e. The maximum Gasteiger partial charge on any atom is 0.410 e. The monoisotopic (exact) mass is 910 g/mol. The topological polar surface area (TPSA) is 241 Å². The van der Waals surface area contributed by atoms with Gasteiger partial charge in [-0.25, -0.2) is 14.4 Å². The van der Waals surface area contributed by atoms with Crippen molar-refractivity contribution >= 4 is 54.2 Å². The van der Waals surface area contributed by atoms with E-state index in [9.17, 15) is 33.6 Å². The van der Waals surface area contributed by atoms with Gasteiger partial charge in [0.25, 0.3) is 23.6 Å². The minimum Gasteiger partial charge on any atom is -0.497 e. The van der Waals surface area contributed by atoms with Gasteiger partial charge in [0, 0.05) is 62.5 Å². The maximum atomic E-state index is 13.0. The zero-order valence-electron chi connectivity index (χ0n) is 36.9. The van der Waals surface area contributed by atoms with Crippen molar-refractivity contribution in [1.82, 2.24) is 51.9 Å². The van der Waals surface area contributed by atoms with Gasteiger partial charge in [0.15, 0.2) is 11.1 Å². The van der Waals surface area contributed by atoms with E-state index in [4.69, 9.17) is 14.2 Å². The average Bonchev–Trinajstić information content (AvgIpc) is 3.93. The SMILES string of the molecule is COc1ccc2c(c1)CN(CC1(CNC3CCN(C(=O)OC(C)(C)C)CC3)NC(=O)NC1=O)C2=O.COc1ccc2c(c1)CN(CC1(CNC3CCNCC3)NC(=O)NC1=O)C2=O.Cl. The fourth-order valence-electron chi connectivity index (χ4n) is 8.77. The summed E-state index contributed by atoms with van der Waals surface area (Å²) in [5, 5.41) is 20.2. The van der Waals surface area contributed by atoms with Crippen LogP contribution in [0.4, 0.5) is 14.4 Å². The quantitative estimate of drug-likeness (QED) is 0.149. The Morgan fingerprint density at radius 1 is 0.703 bits per heavy atom. The number of carbonyl (C=O) groups is 7. The number of ether oxygens (including phenoxy) is 3. The fourth-order valence-corrected chi connectivity index (χ4v) is 8.77. The van der Waals surface area contributed by atoms with Gasteiger partial charge in [0.05, 0.1) is 27.3 Å². The molecule has 6 heterocycles. The Morgan fingerprint density at radius 2 is 1.14 bits per heavy atom. The first kappa shape index (κ1) is 47.8. The predicted octanol–water partition coefficient (Wildman–Crippen LogP) is 1.21. The van der Waals surface area contributed by atoms with Crippen molar-refractivity contribution in [3.63, 3.8) is 0 Å². The van der Waals surface area contributed by atoms with E-state index in [2.05, 4.69) is 37.2 Å². The van der Waals surface area contributed by atoms with Gasteiger partial charge >= 0.3 is 18.2 Å². The number of likely N-dealkylation sites (tertiary alicyclic amines) is 1. The van der Waals surface area contributed by atoms with Gasteiger partial charge in [-0.15, -0.1) is 12.4 Å². The fraction of sp³-hybridized carbons (Fsp3) is 0.558. The second-order valence-corrected chi connectivity index (χ2v) is 17.9. The summed E-state index contributed by atoms with van der Waals surface area (Å²) < 4.78 is 15.9. The summed E-state index contributed by atoms with van der Waals surface area (Å²) in [4.78, 5) is 92.4. The molecule has 64 heavy (non-hydrogen) atoms. The molecule has 6 aliphatic rings. The van der Waals surface area contributed by atoms with E-state index in [1.807, 2.05) is 32.9 Å². The van der Waals surface area contributed by atoms with Crippen LogP contribution >= 0.6 is 12.4 Å². The maximum absolute atomic E-state index is 13.0. The van der Waals surface area contributed by atoms with E-state index in [1.165, 1.54) is 0 Å². The molecule has 348 valence electrons. The van der Waals surface area contributed by atoms with E-state index in [1.54, 1.807) is 53.2 Å². The second-order valence-electron chi connectivity index (χ2n) is 17.9. The Bertz CT molecular complexity index is 2140. The molecule has 4 fully saturated rings. The van der Waals surface area contributed by atoms with Gasteiger partial charge in [-0.3, -0.25) is 29.8 Å².